The molecule has 0 radical (unpaired) electrons. The molecule has 0 atom stereocenters. The molecule has 25 heavy (non-hydrogen) atoms. The Morgan fingerprint density at radius 1 is 1.04 bits per heavy atom. The van der Waals surface area contributed by atoms with E-state index in [1.165, 1.54) is 16.7 Å². The number of carbonyl (C=O) groups is 1. The summed E-state index contributed by atoms with van der Waals surface area (Å²) in [6.45, 7) is 13.2. The summed E-state index contributed by atoms with van der Waals surface area (Å²) in [7, 11) is 1.74. The number of hydrogen-bond donors (Lipinski definition) is 1. The fourth-order valence-corrected chi connectivity index (χ4v) is 3.06. The highest BCUT2D eigenvalue weighted by Crippen LogP contribution is 2.40. The molecule has 0 saturated carbocycles. The van der Waals surface area contributed by atoms with Crippen LogP contribution in [0.4, 0.5) is 0 Å². The van der Waals surface area contributed by atoms with Gasteiger partial charge in [0.1, 0.15) is 5.75 Å². The Labute approximate surface area is 151 Å². The molecule has 0 aliphatic rings. The van der Waals surface area contributed by atoms with Crippen LogP contribution in [0.25, 0.3) is 0 Å². The molecule has 0 amide bonds. The van der Waals surface area contributed by atoms with Crippen LogP contribution in [0.2, 0.25) is 0 Å². The maximum atomic E-state index is 12.3. The van der Waals surface area contributed by atoms with Gasteiger partial charge in [-0.3, -0.25) is 4.79 Å². The number of aromatic nitrogens is 1. The van der Waals surface area contributed by atoms with Crippen LogP contribution in [0.15, 0.2) is 30.5 Å². The molecule has 0 aliphatic carbocycles. The summed E-state index contributed by atoms with van der Waals surface area (Å²) in [5.74, 6) is 1.12. The normalized spacial score (nSPS) is 12.3. The maximum Gasteiger partial charge on any atom is 0.179 e. The van der Waals surface area contributed by atoms with Crippen LogP contribution >= 0.6 is 0 Å². The van der Waals surface area contributed by atoms with E-state index in [9.17, 15) is 4.79 Å². The summed E-state index contributed by atoms with van der Waals surface area (Å²) in [6, 6.07) is 8.10. The smallest absolute Gasteiger partial charge is 0.179 e. The van der Waals surface area contributed by atoms with Gasteiger partial charge in [-0.1, -0.05) is 53.7 Å². The number of aryl methyl sites for hydroxylation is 1. The van der Waals surface area contributed by atoms with E-state index in [4.69, 9.17) is 4.74 Å². The first-order valence-electron chi connectivity index (χ1n) is 8.92. The lowest BCUT2D eigenvalue weighted by Gasteiger charge is -2.30. The summed E-state index contributed by atoms with van der Waals surface area (Å²) in [6.07, 6.45) is 3.02. The molecule has 1 N–H and O–H groups in total. The van der Waals surface area contributed by atoms with E-state index >= 15 is 0 Å². The quantitative estimate of drug-likeness (QED) is 0.736. The number of methoxy groups -OCH3 is 1. The van der Waals surface area contributed by atoms with Crippen molar-refractivity contribution in [2.24, 2.45) is 0 Å². The van der Waals surface area contributed by atoms with Crippen LogP contribution in [0.3, 0.4) is 0 Å². The first-order valence-corrected chi connectivity index (χ1v) is 8.92. The van der Waals surface area contributed by atoms with Crippen LogP contribution in [0.5, 0.6) is 5.75 Å². The predicted molar refractivity (Wildman–Crippen MR) is 104 cm³/mol. The number of nitrogens with one attached hydrogen (secondary N) is 1. The van der Waals surface area contributed by atoms with Gasteiger partial charge in [-0.2, -0.15) is 0 Å². The second-order valence-corrected chi connectivity index (χ2v) is 8.73. The van der Waals surface area contributed by atoms with Crippen LogP contribution in [0.1, 0.15) is 75.1 Å². The van der Waals surface area contributed by atoms with Gasteiger partial charge in [0.05, 0.1) is 12.8 Å². The van der Waals surface area contributed by atoms with E-state index in [1.807, 2.05) is 12.1 Å². The van der Waals surface area contributed by atoms with E-state index in [2.05, 4.69) is 58.7 Å². The summed E-state index contributed by atoms with van der Waals surface area (Å²) >= 11 is 0. The van der Waals surface area contributed by atoms with Crippen molar-refractivity contribution in [3.8, 4) is 5.75 Å². The average molecular weight is 341 g/mol. The van der Waals surface area contributed by atoms with Gasteiger partial charge in [0.15, 0.2) is 5.78 Å². The molecule has 0 aliphatic heterocycles. The van der Waals surface area contributed by atoms with Gasteiger partial charge in [-0.15, -0.1) is 0 Å². The predicted octanol–water partition coefficient (Wildman–Crippen LogP) is 5.43. The average Bonchev–Trinajstić information content (AvgIpc) is 3.04. The van der Waals surface area contributed by atoms with Gasteiger partial charge in [0.25, 0.3) is 0 Å². The highest BCUT2D eigenvalue weighted by Gasteiger charge is 2.27. The lowest BCUT2D eigenvalue weighted by molar-refractivity contribution is 0.0978. The van der Waals surface area contributed by atoms with E-state index in [0.717, 1.165) is 12.2 Å². The Morgan fingerprint density at radius 2 is 1.60 bits per heavy atom. The Morgan fingerprint density at radius 3 is 2.00 bits per heavy atom. The topological polar surface area (TPSA) is 42.1 Å². The number of H-pyrrole nitrogens is 1. The zero-order valence-corrected chi connectivity index (χ0v) is 16.6. The molecule has 2 rings (SSSR count). The number of benzene rings is 1. The third-order valence-corrected chi connectivity index (χ3v) is 4.51. The molecule has 136 valence electrons. The molecular formula is C22H31NO2. The van der Waals surface area contributed by atoms with Crippen molar-refractivity contribution < 1.29 is 9.53 Å². The molecule has 0 unspecified atom stereocenters. The van der Waals surface area contributed by atoms with Crippen LogP contribution in [-0.2, 0) is 17.3 Å². The SMILES string of the molecule is COc1c(C(C)(C)C)cc(CCC(=O)c2ccc[nH]2)cc1C(C)(C)C. The molecule has 2 aromatic rings. The standard InChI is InChI=1S/C22H31NO2/c1-21(2,3)16-13-15(10-11-19(24)18-9-8-12-23-18)14-17(20(16)25-7)22(4,5)6/h8-9,12-14,23H,10-11H2,1-7H3. The van der Waals surface area contributed by atoms with Crippen molar-refractivity contribution in [1.82, 2.24) is 4.98 Å². The zero-order valence-electron chi connectivity index (χ0n) is 16.6. The molecule has 0 bridgehead atoms. The minimum atomic E-state index is -0.0230. The molecule has 3 nitrogen and oxygen atoms in total. The van der Waals surface area contributed by atoms with Gasteiger partial charge < -0.3 is 9.72 Å². The number of rotatable bonds is 5. The minimum Gasteiger partial charge on any atom is -0.496 e. The van der Waals surface area contributed by atoms with Gasteiger partial charge in [-0.25, -0.2) is 0 Å². The number of Topliss-reactive ketones (excluding diaryl/α,β-unsaturated/α-hetero) is 1. The lowest BCUT2D eigenvalue weighted by Crippen LogP contribution is -2.20. The highest BCUT2D eigenvalue weighted by atomic mass is 16.5. The van der Waals surface area contributed by atoms with Gasteiger partial charge in [0.2, 0.25) is 0 Å². The number of ether oxygens (including phenoxy) is 1. The summed E-state index contributed by atoms with van der Waals surface area (Å²) in [4.78, 5) is 15.3. The fraction of sp³-hybridized carbons (Fsp3) is 0.500. The molecule has 1 aromatic carbocycles. The van der Waals surface area contributed by atoms with E-state index < -0.39 is 0 Å². The maximum absolute atomic E-state index is 12.3. The molecular weight excluding hydrogens is 310 g/mol. The van der Waals surface area contributed by atoms with E-state index in [-0.39, 0.29) is 16.6 Å². The number of carbonyl (C=O) groups excluding carboxylic acids is 1. The van der Waals surface area contributed by atoms with Crippen molar-refractivity contribution in [3.05, 3.63) is 52.8 Å². The van der Waals surface area contributed by atoms with Crippen LogP contribution < -0.4 is 4.74 Å². The zero-order chi connectivity index (χ0) is 18.8. The van der Waals surface area contributed by atoms with Gasteiger partial charge in [0, 0.05) is 23.7 Å². The molecule has 0 saturated heterocycles. The largest absolute Gasteiger partial charge is 0.496 e. The Balaban J connectivity index is 2.39. The van der Waals surface area contributed by atoms with E-state index in [0.29, 0.717) is 12.1 Å². The van der Waals surface area contributed by atoms with Crippen LogP contribution in [-0.4, -0.2) is 17.9 Å². The van der Waals surface area contributed by atoms with Crippen molar-refractivity contribution >= 4 is 5.78 Å². The van der Waals surface area contributed by atoms with Gasteiger partial charge in [-0.05, 0) is 34.9 Å². The first kappa shape index (κ1) is 19.3. The Bertz CT molecular complexity index is 693. The molecule has 1 heterocycles. The second kappa shape index (κ2) is 7.07. The third-order valence-electron chi connectivity index (χ3n) is 4.51. The lowest BCUT2D eigenvalue weighted by atomic mass is 9.78. The molecule has 3 heteroatoms. The third kappa shape index (κ3) is 4.53. The Hall–Kier alpha value is -2.03. The Kier molecular flexibility index (Phi) is 5.46. The fourth-order valence-electron chi connectivity index (χ4n) is 3.06. The summed E-state index contributed by atoms with van der Waals surface area (Å²) in [5.41, 5.74) is 4.22. The highest BCUT2D eigenvalue weighted by molar-refractivity contribution is 5.94. The minimum absolute atomic E-state index is 0.0230. The number of ketones is 1. The second-order valence-electron chi connectivity index (χ2n) is 8.73. The van der Waals surface area contributed by atoms with Crippen molar-refractivity contribution in [2.45, 2.75) is 65.2 Å². The first-order chi connectivity index (χ1) is 11.5. The van der Waals surface area contributed by atoms with Crippen molar-refractivity contribution in [1.29, 1.82) is 0 Å². The molecule has 0 fully saturated rings. The number of hydrogen-bond acceptors (Lipinski definition) is 2. The number of aromatic amines is 1. The molecule has 0 spiro atoms. The van der Waals surface area contributed by atoms with Crippen LogP contribution in [0, 0.1) is 0 Å². The summed E-state index contributed by atoms with van der Waals surface area (Å²) < 4.78 is 5.80. The monoisotopic (exact) mass is 341 g/mol. The summed E-state index contributed by atoms with van der Waals surface area (Å²) in [5, 5.41) is 0. The van der Waals surface area contributed by atoms with Crippen molar-refractivity contribution in [2.75, 3.05) is 7.11 Å². The van der Waals surface area contributed by atoms with Crippen molar-refractivity contribution in [3.63, 3.8) is 0 Å². The van der Waals surface area contributed by atoms with E-state index in [1.54, 1.807) is 13.3 Å². The molecule has 1 aromatic heterocycles. The van der Waals surface area contributed by atoms with Gasteiger partial charge >= 0.3 is 0 Å².